The van der Waals surface area contributed by atoms with Gasteiger partial charge in [0.1, 0.15) is 0 Å². The summed E-state index contributed by atoms with van der Waals surface area (Å²) in [6.07, 6.45) is 0. The number of benzene rings is 1. The van der Waals surface area contributed by atoms with Crippen LogP contribution >= 0.6 is 0 Å². The Balaban J connectivity index is 1.95. The van der Waals surface area contributed by atoms with Gasteiger partial charge in [0, 0.05) is 12.6 Å². The molecular formula is C13H18FN5O. The molecule has 1 N–H and O–H groups in total. The van der Waals surface area contributed by atoms with Crippen LogP contribution in [0, 0.1) is 5.82 Å². The monoisotopic (exact) mass is 279 g/mol. The number of hydrogen-bond donors (Lipinski definition) is 1. The van der Waals surface area contributed by atoms with E-state index in [0.717, 1.165) is 5.56 Å². The van der Waals surface area contributed by atoms with E-state index in [4.69, 9.17) is 4.74 Å². The molecule has 1 aromatic heterocycles. The van der Waals surface area contributed by atoms with Gasteiger partial charge in [-0.25, -0.2) is 4.39 Å². The molecule has 20 heavy (non-hydrogen) atoms. The van der Waals surface area contributed by atoms with Gasteiger partial charge in [-0.3, -0.25) is 0 Å². The smallest absolute Gasteiger partial charge is 0.212 e. The standard InChI is InChI=1S/C13H18FN5O/c1-9(2)15-7-10-4-5-12(11(14)6-10)20-8-13-16-18-19(3)17-13/h4-6,9,15H,7-8H2,1-3H3. The highest BCUT2D eigenvalue weighted by Crippen LogP contribution is 2.19. The average molecular weight is 279 g/mol. The van der Waals surface area contributed by atoms with Crippen LogP contribution in [0.1, 0.15) is 25.2 Å². The minimum absolute atomic E-state index is 0.0916. The zero-order valence-corrected chi connectivity index (χ0v) is 11.8. The Bertz CT molecular complexity index is 570. The van der Waals surface area contributed by atoms with Crippen LogP contribution in [0.4, 0.5) is 4.39 Å². The third kappa shape index (κ3) is 3.99. The summed E-state index contributed by atoms with van der Waals surface area (Å²) < 4.78 is 19.2. The fraction of sp³-hybridized carbons (Fsp3) is 0.462. The molecule has 0 unspecified atom stereocenters. The maximum absolute atomic E-state index is 13.9. The van der Waals surface area contributed by atoms with E-state index in [1.807, 2.05) is 19.9 Å². The molecule has 0 bridgehead atoms. The lowest BCUT2D eigenvalue weighted by molar-refractivity contribution is 0.280. The van der Waals surface area contributed by atoms with Gasteiger partial charge in [-0.05, 0) is 22.9 Å². The lowest BCUT2D eigenvalue weighted by Crippen LogP contribution is -2.21. The molecule has 0 aliphatic carbocycles. The van der Waals surface area contributed by atoms with Crippen molar-refractivity contribution in [2.24, 2.45) is 7.05 Å². The first kappa shape index (κ1) is 14.4. The van der Waals surface area contributed by atoms with E-state index in [9.17, 15) is 4.39 Å². The van der Waals surface area contributed by atoms with E-state index in [0.29, 0.717) is 18.4 Å². The van der Waals surface area contributed by atoms with Gasteiger partial charge in [0.25, 0.3) is 0 Å². The van der Waals surface area contributed by atoms with Crippen LogP contribution in [0.2, 0.25) is 0 Å². The van der Waals surface area contributed by atoms with Crippen molar-refractivity contribution in [1.29, 1.82) is 0 Å². The number of aromatic nitrogens is 4. The molecule has 0 atom stereocenters. The van der Waals surface area contributed by atoms with Crippen LogP contribution in [0.3, 0.4) is 0 Å². The Kier molecular flexibility index (Phi) is 4.62. The summed E-state index contributed by atoms with van der Waals surface area (Å²) in [4.78, 5) is 1.33. The van der Waals surface area contributed by atoms with Gasteiger partial charge in [0.05, 0.1) is 7.05 Å². The van der Waals surface area contributed by atoms with Gasteiger partial charge in [-0.2, -0.15) is 4.80 Å². The number of tetrazole rings is 1. The number of hydrogen-bond acceptors (Lipinski definition) is 5. The average Bonchev–Trinajstić information content (AvgIpc) is 2.81. The molecule has 0 aliphatic heterocycles. The zero-order valence-electron chi connectivity index (χ0n) is 11.8. The van der Waals surface area contributed by atoms with Crippen molar-refractivity contribution in [2.75, 3.05) is 0 Å². The molecule has 7 heteroatoms. The van der Waals surface area contributed by atoms with Crippen LogP contribution in [-0.2, 0) is 20.2 Å². The maximum atomic E-state index is 13.9. The van der Waals surface area contributed by atoms with E-state index in [-0.39, 0.29) is 12.4 Å². The predicted octanol–water partition coefficient (Wildman–Crippen LogP) is 1.43. The van der Waals surface area contributed by atoms with Crippen LogP contribution in [0.25, 0.3) is 0 Å². The summed E-state index contributed by atoms with van der Waals surface area (Å²) >= 11 is 0. The number of rotatable bonds is 6. The van der Waals surface area contributed by atoms with Gasteiger partial charge < -0.3 is 10.1 Å². The molecule has 2 aromatic rings. The molecule has 108 valence electrons. The quantitative estimate of drug-likeness (QED) is 0.866. The summed E-state index contributed by atoms with van der Waals surface area (Å²) in [7, 11) is 1.66. The molecule has 6 nitrogen and oxygen atoms in total. The van der Waals surface area contributed by atoms with Crippen molar-refractivity contribution in [3.63, 3.8) is 0 Å². The Morgan fingerprint density at radius 2 is 2.20 bits per heavy atom. The van der Waals surface area contributed by atoms with Crippen molar-refractivity contribution < 1.29 is 9.13 Å². The summed E-state index contributed by atoms with van der Waals surface area (Å²) in [5, 5.41) is 14.6. The Morgan fingerprint density at radius 1 is 1.40 bits per heavy atom. The van der Waals surface area contributed by atoms with Gasteiger partial charge in [0.15, 0.2) is 18.2 Å². The third-order valence-electron chi connectivity index (χ3n) is 2.62. The lowest BCUT2D eigenvalue weighted by Gasteiger charge is -2.10. The van der Waals surface area contributed by atoms with Crippen LogP contribution in [-0.4, -0.2) is 26.2 Å². The second kappa shape index (κ2) is 6.42. The summed E-state index contributed by atoms with van der Waals surface area (Å²) in [6, 6.07) is 5.27. The van der Waals surface area contributed by atoms with Crippen molar-refractivity contribution in [2.45, 2.75) is 33.0 Å². The van der Waals surface area contributed by atoms with E-state index in [1.54, 1.807) is 13.1 Å². The Hall–Kier alpha value is -2.02. The van der Waals surface area contributed by atoms with Crippen molar-refractivity contribution in [3.05, 3.63) is 35.4 Å². The zero-order chi connectivity index (χ0) is 14.5. The molecule has 2 rings (SSSR count). The maximum Gasteiger partial charge on any atom is 0.212 e. The number of halogens is 1. The van der Waals surface area contributed by atoms with Crippen molar-refractivity contribution >= 4 is 0 Å². The van der Waals surface area contributed by atoms with Crippen molar-refractivity contribution in [3.8, 4) is 5.75 Å². The first-order chi connectivity index (χ1) is 9.54. The normalized spacial score (nSPS) is 11.1. The van der Waals surface area contributed by atoms with E-state index < -0.39 is 5.82 Å². The molecule has 0 saturated carbocycles. The molecule has 0 spiro atoms. The Labute approximate surface area is 116 Å². The predicted molar refractivity (Wildman–Crippen MR) is 71.5 cm³/mol. The van der Waals surface area contributed by atoms with Gasteiger partial charge in [-0.15, -0.1) is 10.2 Å². The fourth-order valence-corrected chi connectivity index (χ4v) is 1.62. The molecule has 0 amide bonds. The molecule has 0 radical (unpaired) electrons. The third-order valence-corrected chi connectivity index (χ3v) is 2.62. The van der Waals surface area contributed by atoms with Gasteiger partial charge in [-0.1, -0.05) is 19.9 Å². The van der Waals surface area contributed by atoms with Gasteiger partial charge >= 0.3 is 0 Å². The van der Waals surface area contributed by atoms with E-state index >= 15 is 0 Å². The molecule has 0 fully saturated rings. The summed E-state index contributed by atoms with van der Waals surface area (Å²) in [6.45, 7) is 4.80. The second-order valence-corrected chi connectivity index (χ2v) is 4.78. The molecule has 1 aromatic carbocycles. The number of aryl methyl sites for hydroxylation is 1. The molecular weight excluding hydrogens is 261 g/mol. The SMILES string of the molecule is CC(C)NCc1ccc(OCc2nnn(C)n2)c(F)c1. The summed E-state index contributed by atoms with van der Waals surface area (Å²) in [5.74, 6) is 0.208. The molecule has 0 aliphatic rings. The number of nitrogens with one attached hydrogen (secondary N) is 1. The second-order valence-electron chi connectivity index (χ2n) is 4.78. The summed E-state index contributed by atoms with van der Waals surface area (Å²) in [5.41, 5.74) is 0.876. The first-order valence-corrected chi connectivity index (χ1v) is 6.42. The first-order valence-electron chi connectivity index (χ1n) is 6.42. The number of nitrogens with zero attached hydrogens (tertiary/aromatic N) is 4. The highest BCUT2D eigenvalue weighted by molar-refractivity contribution is 5.29. The minimum atomic E-state index is -0.392. The van der Waals surface area contributed by atoms with Crippen LogP contribution in [0.15, 0.2) is 18.2 Å². The highest BCUT2D eigenvalue weighted by Gasteiger charge is 2.07. The van der Waals surface area contributed by atoms with E-state index in [1.165, 1.54) is 10.9 Å². The Morgan fingerprint density at radius 3 is 2.80 bits per heavy atom. The largest absolute Gasteiger partial charge is 0.482 e. The van der Waals surface area contributed by atoms with Crippen LogP contribution in [0.5, 0.6) is 5.75 Å². The fourth-order valence-electron chi connectivity index (χ4n) is 1.62. The minimum Gasteiger partial charge on any atom is -0.482 e. The van der Waals surface area contributed by atoms with Crippen molar-refractivity contribution in [1.82, 2.24) is 25.5 Å². The lowest BCUT2D eigenvalue weighted by atomic mass is 10.2. The molecule has 0 saturated heterocycles. The van der Waals surface area contributed by atoms with Gasteiger partial charge in [0.2, 0.25) is 5.82 Å². The highest BCUT2D eigenvalue weighted by atomic mass is 19.1. The topological polar surface area (TPSA) is 64.9 Å². The van der Waals surface area contributed by atoms with Crippen LogP contribution < -0.4 is 10.1 Å². The molecule has 1 heterocycles. The van der Waals surface area contributed by atoms with E-state index in [2.05, 4.69) is 20.7 Å². The number of ether oxygens (including phenoxy) is 1.